The van der Waals surface area contributed by atoms with E-state index >= 15 is 0 Å². The molecular weight excluding hydrogens is 326 g/mol. The average Bonchev–Trinajstić information content (AvgIpc) is 2.49. The molecule has 0 saturated heterocycles. The number of ether oxygens (including phenoxy) is 1. The van der Waals surface area contributed by atoms with Gasteiger partial charge in [-0.2, -0.15) is 0 Å². The summed E-state index contributed by atoms with van der Waals surface area (Å²) in [5.41, 5.74) is 1.38. The lowest BCUT2D eigenvalue weighted by Gasteiger charge is -2.46. The second-order valence-corrected chi connectivity index (χ2v) is 7.55. The zero-order chi connectivity index (χ0) is 14.9. The molecule has 1 aliphatic heterocycles. The van der Waals surface area contributed by atoms with E-state index in [0.29, 0.717) is 6.04 Å². The van der Waals surface area contributed by atoms with Crippen LogP contribution in [0.2, 0.25) is 0 Å². The van der Waals surface area contributed by atoms with Gasteiger partial charge in [-0.3, -0.25) is 0 Å². The summed E-state index contributed by atoms with van der Waals surface area (Å²) in [6.45, 7) is 5.51. The van der Waals surface area contributed by atoms with Crippen molar-refractivity contribution in [2.24, 2.45) is 5.92 Å². The largest absolute Gasteiger partial charge is 0.487 e. The maximum atomic E-state index is 6.52. The predicted octanol–water partition coefficient (Wildman–Crippen LogP) is 5.22. The quantitative estimate of drug-likeness (QED) is 0.805. The van der Waals surface area contributed by atoms with Crippen LogP contribution in [0.25, 0.3) is 0 Å². The van der Waals surface area contributed by atoms with Crippen LogP contribution in [0.4, 0.5) is 0 Å². The Morgan fingerprint density at radius 3 is 2.71 bits per heavy atom. The maximum Gasteiger partial charge on any atom is 0.125 e. The van der Waals surface area contributed by atoms with Gasteiger partial charge in [-0.05, 0) is 56.3 Å². The van der Waals surface area contributed by atoms with Gasteiger partial charge >= 0.3 is 0 Å². The number of rotatable bonds is 3. The molecule has 0 aromatic heterocycles. The zero-order valence-electron chi connectivity index (χ0n) is 13.1. The van der Waals surface area contributed by atoms with Crippen molar-refractivity contribution >= 4 is 15.9 Å². The number of fused-ring (bicyclic) bond motifs is 1. The molecule has 1 spiro atoms. The fourth-order valence-corrected chi connectivity index (χ4v) is 4.37. The van der Waals surface area contributed by atoms with Crippen LogP contribution in [0, 0.1) is 5.92 Å². The highest BCUT2D eigenvalue weighted by atomic mass is 79.9. The van der Waals surface area contributed by atoms with Gasteiger partial charge in [-0.1, -0.05) is 36.2 Å². The molecule has 2 aliphatic rings. The van der Waals surface area contributed by atoms with Crippen molar-refractivity contribution in [1.29, 1.82) is 0 Å². The summed E-state index contributed by atoms with van der Waals surface area (Å²) in [6, 6.07) is 6.87. The van der Waals surface area contributed by atoms with Crippen molar-refractivity contribution in [3.8, 4) is 5.75 Å². The van der Waals surface area contributed by atoms with E-state index in [1.807, 2.05) is 0 Å². The van der Waals surface area contributed by atoms with Crippen molar-refractivity contribution in [3.05, 3.63) is 28.2 Å². The summed E-state index contributed by atoms with van der Waals surface area (Å²) >= 11 is 3.59. The Morgan fingerprint density at radius 2 is 2.05 bits per heavy atom. The Labute approximate surface area is 136 Å². The molecule has 116 valence electrons. The molecule has 1 N–H and O–H groups in total. The van der Waals surface area contributed by atoms with Gasteiger partial charge in [0.2, 0.25) is 0 Å². The molecule has 1 unspecified atom stereocenters. The molecule has 0 radical (unpaired) electrons. The molecule has 3 heteroatoms. The van der Waals surface area contributed by atoms with E-state index in [0.717, 1.165) is 29.1 Å². The molecule has 1 heterocycles. The fourth-order valence-electron chi connectivity index (χ4n) is 3.99. The first-order chi connectivity index (χ1) is 10.2. The van der Waals surface area contributed by atoms with Crippen LogP contribution in [0.15, 0.2) is 22.7 Å². The van der Waals surface area contributed by atoms with Gasteiger partial charge in [0, 0.05) is 22.5 Å². The topological polar surface area (TPSA) is 21.3 Å². The van der Waals surface area contributed by atoms with Gasteiger partial charge in [0.25, 0.3) is 0 Å². The normalized spacial score (nSPS) is 31.8. The van der Waals surface area contributed by atoms with Crippen molar-refractivity contribution < 1.29 is 4.74 Å². The Morgan fingerprint density at radius 1 is 1.29 bits per heavy atom. The van der Waals surface area contributed by atoms with Crippen LogP contribution in [0.5, 0.6) is 5.75 Å². The minimum atomic E-state index is 0.0688. The third kappa shape index (κ3) is 3.14. The Balaban J connectivity index is 1.85. The molecule has 1 aromatic carbocycles. The first-order valence-corrected chi connectivity index (χ1v) is 9.17. The van der Waals surface area contributed by atoms with Crippen LogP contribution < -0.4 is 10.1 Å². The first kappa shape index (κ1) is 15.4. The van der Waals surface area contributed by atoms with Gasteiger partial charge in [0.05, 0.1) is 0 Å². The third-order valence-electron chi connectivity index (χ3n) is 5.29. The Kier molecular flexibility index (Phi) is 4.60. The Bertz CT molecular complexity index is 494. The smallest absolute Gasteiger partial charge is 0.125 e. The predicted molar refractivity (Wildman–Crippen MR) is 90.8 cm³/mol. The highest BCUT2D eigenvalue weighted by Crippen LogP contribution is 2.48. The van der Waals surface area contributed by atoms with Crippen LogP contribution in [0.1, 0.15) is 64.0 Å². The van der Waals surface area contributed by atoms with Gasteiger partial charge in [-0.25, -0.2) is 0 Å². The van der Waals surface area contributed by atoms with E-state index in [-0.39, 0.29) is 5.60 Å². The molecule has 1 fully saturated rings. The number of halogens is 1. The van der Waals surface area contributed by atoms with Gasteiger partial charge in [-0.15, -0.1) is 0 Å². The lowest BCUT2D eigenvalue weighted by molar-refractivity contribution is -0.0149. The average molecular weight is 352 g/mol. The second-order valence-electron chi connectivity index (χ2n) is 6.63. The van der Waals surface area contributed by atoms with Gasteiger partial charge in [0.15, 0.2) is 0 Å². The summed E-state index contributed by atoms with van der Waals surface area (Å²) in [7, 11) is 0. The first-order valence-electron chi connectivity index (χ1n) is 8.37. The van der Waals surface area contributed by atoms with Crippen molar-refractivity contribution in [2.75, 3.05) is 6.54 Å². The van der Waals surface area contributed by atoms with Crippen LogP contribution in [-0.2, 0) is 0 Å². The highest BCUT2D eigenvalue weighted by Gasteiger charge is 2.43. The van der Waals surface area contributed by atoms with Crippen molar-refractivity contribution in [1.82, 2.24) is 5.32 Å². The maximum absolute atomic E-state index is 6.52. The van der Waals surface area contributed by atoms with Gasteiger partial charge < -0.3 is 10.1 Å². The van der Waals surface area contributed by atoms with Crippen LogP contribution in [-0.4, -0.2) is 12.1 Å². The monoisotopic (exact) mass is 351 g/mol. The molecule has 2 nitrogen and oxygen atoms in total. The van der Waals surface area contributed by atoms with E-state index in [1.54, 1.807) is 0 Å². The lowest BCUT2D eigenvalue weighted by atomic mass is 9.73. The molecule has 0 amide bonds. The van der Waals surface area contributed by atoms with Crippen molar-refractivity contribution in [2.45, 2.75) is 64.0 Å². The summed E-state index contributed by atoms with van der Waals surface area (Å²) in [5.74, 6) is 1.99. The van der Waals surface area contributed by atoms with Crippen LogP contribution >= 0.6 is 15.9 Å². The van der Waals surface area contributed by atoms with Crippen molar-refractivity contribution in [3.63, 3.8) is 0 Å². The van der Waals surface area contributed by atoms with Gasteiger partial charge in [0.1, 0.15) is 11.4 Å². The lowest BCUT2D eigenvalue weighted by Crippen LogP contribution is -2.46. The number of benzene rings is 1. The van der Waals surface area contributed by atoms with E-state index in [2.05, 4.69) is 53.3 Å². The summed E-state index contributed by atoms with van der Waals surface area (Å²) in [4.78, 5) is 0. The number of hydrogen-bond donors (Lipinski definition) is 1. The van der Waals surface area contributed by atoms with E-state index in [9.17, 15) is 0 Å². The van der Waals surface area contributed by atoms with E-state index in [1.165, 1.54) is 37.7 Å². The fraction of sp³-hybridized carbons (Fsp3) is 0.667. The summed E-state index contributed by atoms with van der Waals surface area (Å²) in [6.07, 6.45) is 7.49. The SMILES string of the molecule is CCNC1CC2(CCC(CC)CC2)Oc2ccc(Br)cc21. The summed E-state index contributed by atoms with van der Waals surface area (Å²) in [5, 5.41) is 3.66. The minimum Gasteiger partial charge on any atom is -0.487 e. The molecular formula is C18H26BrNO. The number of nitrogens with one attached hydrogen (secondary N) is 1. The molecule has 1 aliphatic carbocycles. The minimum absolute atomic E-state index is 0.0688. The highest BCUT2D eigenvalue weighted by molar-refractivity contribution is 9.10. The standard InChI is InChI=1S/C18H26BrNO/c1-3-13-7-9-18(10-8-13)12-16(20-4-2)15-11-14(19)5-6-17(15)21-18/h5-6,11,13,16,20H,3-4,7-10,12H2,1-2H3. The molecule has 1 atom stereocenters. The molecule has 0 bridgehead atoms. The second kappa shape index (κ2) is 6.29. The number of hydrogen-bond acceptors (Lipinski definition) is 2. The zero-order valence-corrected chi connectivity index (χ0v) is 14.7. The Hall–Kier alpha value is -0.540. The van der Waals surface area contributed by atoms with Crippen LogP contribution in [0.3, 0.4) is 0 Å². The molecule has 1 saturated carbocycles. The van der Waals surface area contributed by atoms with E-state index < -0.39 is 0 Å². The molecule has 3 rings (SSSR count). The third-order valence-corrected chi connectivity index (χ3v) is 5.79. The summed E-state index contributed by atoms with van der Waals surface area (Å²) < 4.78 is 7.66. The van der Waals surface area contributed by atoms with E-state index in [4.69, 9.17) is 4.74 Å². The molecule has 1 aromatic rings. The molecule has 21 heavy (non-hydrogen) atoms.